The molecule has 0 bridgehead atoms. The summed E-state index contributed by atoms with van der Waals surface area (Å²) in [6, 6.07) is 6.61. The minimum absolute atomic E-state index is 0.0235. The summed E-state index contributed by atoms with van der Waals surface area (Å²) in [6.07, 6.45) is 0. The molecule has 0 atom stereocenters. The molecule has 0 spiro atoms. The molecule has 98 valence electrons. The zero-order valence-corrected chi connectivity index (χ0v) is 9.78. The van der Waals surface area contributed by atoms with Crippen LogP contribution < -0.4 is 10.3 Å². The van der Waals surface area contributed by atoms with Gasteiger partial charge >= 0.3 is 0 Å². The molecule has 0 aliphatic heterocycles. The minimum atomic E-state index is -0.950. The SMILES string of the molecule is C/C(O)=C(/C#N)C(=O)NOc1cccc([N+](=O)[O-])c1. The van der Waals surface area contributed by atoms with Gasteiger partial charge in [-0.25, -0.2) is 0 Å². The van der Waals surface area contributed by atoms with Crippen molar-refractivity contribution in [2.45, 2.75) is 6.92 Å². The molecule has 0 aliphatic carbocycles. The maximum absolute atomic E-state index is 11.4. The molecular formula is C11H9N3O5. The van der Waals surface area contributed by atoms with Crippen molar-refractivity contribution in [3.63, 3.8) is 0 Å². The first kappa shape index (κ1) is 14.0. The van der Waals surface area contributed by atoms with E-state index < -0.39 is 22.2 Å². The Bertz CT molecular complexity index is 584. The molecule has 0 aromatic heterocycles. The molecule has 8 heteroatoms. The predicted molar refractivity (Wildman–Crippen MR) is 62.8 cm³/mol. The third-order valence-corrected chi connectivity index (χ3v) is 1.99. The van der Waals surface area contributed by atoms with Crippen LogP contribution >= 0.6 is 0 Å². The maximum Gasteiger partial charge on any atom is 0.297 e. The second-order valence-electron chi connectivity index (χ2n) is 3.36. The normalized spacial score (nSPS) is 10.9. The Kier molecular flexibility index (Phi) is 4.43. The fraction of sp³-hybridized carbons (Fsp3) is 0.0909. The second-order valence-corrected chi connectivity index (χ2v) is 3.36. The smallest absolute Gasteiger partial charge is 0.297 e. The summed E-state index contributed by atoms with van der Waals surface area (Å²) in [4.78, 5) is 26.1. The van der Waals surface area contributed by atoms with Crippen molar-refractivity contribution in [2.24, 2.45) is 0 Å². The van der Waals surface area contributed by atoms with E-state index in [-0.39, 0.29) is 11.4 Å². The topological polar surface area (TPSA) is 125 Å². The molecule has 8 nitrogen and oxygen atoms in total. The van der Waals surface area contributed by atoms with E-state index in [2.05, 4.69) is 0 Å². The van der Waals surface area contributed by atoms with E-state index in [4.69, 9.17) is 15.2 Å². The van der Waals surface area contributed by atoms with Crippen LogP contribution in [0.3, 0.4) is 0 Å². The van der Waals surface area contributed by atoms with Crippen LogP contribution in [0.15, 0.2) is 35.6 Å². The molecule has 1 rings (SSSR count). The van der Waals surface area contributed by atoms with Gasteiger partial charge in [-0.3, -0.25) is 14.9 Å². The van der Waals surface area contributed by atoms with Gasteiger partial charge in [-0.1, -0.05) is 6.07 Å². The second kappa shape index (κ2) is 6.02. The Balaban J connectivity index is 2.76. The summed E-state index contributed by atoms with van der Waals surface area (Å²) in [5.41, 5.74) is 1.18. The fourth-order valence-corrected chi connectivity index (χ4v) is 1.11. The highest BCUT2D eigenvalue weighted by Crippen LogP contribution is 2.18. The summed E-state index contributed by atoms with van der Waals surface area (Å²) in [5, 5.41) is 28.2. The standard InChI is InChI=1S/C11H9N3O5/c1-7(15)10(6-12)11(16)13-19-9-4-2-3-8(5-9)14(17)18/h2-5,15H,1H3,(H,13,16)/b10-7+. The van der Waals surface area contributed by atoms with Crippen molar-refractivity contribution in [3.05, 3.63) is 45.7 Å². The van der Waals surface area contributed by atoms with E-state index >= 15 is 0 Å². The first-order valence-corrected chi connectivity index (χ1v) is 4.97. The molecule has 0 unspecified atom stereocenters. The van der Waals surface area contributed by atoms with Gasteiger partial charge in [-0.05, 0) is 13.0 Å². The number of nitriles is 1. The van der Waals surface area contributed by atoms with Crippen molar-refractivity contribution in [2.75, 3.05) is 0 Å². The third-order valence-electron chi connectivity index (χ3n) is 1.99. The van der Waals surface area contributed by atoms with Crippen molar-refractivity contribution in [1.82, 2.24) is 5.48 Å². The first-order chi connectivity index (χ1) is 8.95. The summed E-state index contributed by atoms with van der Waals surface area (Å²) in [7, 11) is 0. The van der Waals surface area contributed by atoms with Crippen LogP contribution in [0.25, 0.3) is 0 Å². The Hall–Kier alpha value is -3.08. The van der Waals surface area contributed by atoms with Crippen LogP contribution in [0.5, 0.6) is 5.75 Å². The van der Waals surface area contributed by atoms with Crippen LogP contribution in [0, 0.1) is 21.4 Å². The highest BCUT2D eigenvalue weighted by molar-refractivity contribution is 5.97. The molecule has 0 fully saturated rings. The van der Waals surface area contributed by atoms with Gasteiger partial charge in [0.1, 0.15) is 11.8 Å². The molecule has 0 radical (unpaired) electrons. The van der Waals surface area contributed by atoms with Crippen LogP contribution in [-0.2, 0) is 4.79 Å². The molecule has 0 heterocycles. The first-order valence-electron chi connectivity index (χ1n) is 4.97. The van der Waals surface area contributed by atoms with Gasteiger partial charge < -0.3 is 9.94 Å². The summed E-state index contributed by atoms with van der Waals surface area (Å²) < 4.78 is 0. The maximum atomic E-state index is 11.4. The van der Waals surface area contributed by atoms with Gasteiger partial charge in [-0.2, -0.15) is 10.7 Å². The van der Waals surface area contributed by atoms with E-state index in [0.717, 1.165) is 6.07 Å². The number of rotatable bonds is 4. The number of aliphatic hydroxyl groups is 1. The van der Waals surface area contributed by atoms with Crippen molar-refractivity contribution in [3.8, 4) is 11.8 Å². The number of nitro groups is 1. The summed E-state index contributed by atoms with van der Waals surface area (Å²) in [5.74, 6) is -1.38. The number of nitrogens with one attached hydrogen (secondary N) is 1. The Morgan fingerprint density at radius 1 is 1.58 bits per heavy atom. The van der Waals surface area contributed by atoms with Crippen LogP contribution in [0.4, 0.5) is 5.69 Å². The Labute approximate surface area is 107 Å². The van der Waals surface area contributed by atoms with E-state index in [1.165, 1.54) is 31.2 Å². The average Bonchev–Trinajstić information content (AvgIpc) is 2.37. The zero-order chi connectivity index (χ0) is 14.4. The van der Waals surface area contributed by atoms with Crippen molar-refractivity contribution in [1.29, 1.82) is 5.26 Å². The van der Waals surface area contributed by atoms with Gasteiger partial charge in [-0.15, -0.1) is 0 Å². The van der Waals surface area contributed by atoms with Gasteiger partial charge in [0.15, 0.2) is 11.3 Å². The van der Waals surface area contributed by atoms with E-state index in [1.54, 1.807) is 0 Å². The largest absolute Gasteiger partial charge is 0.511 e. The molecule has 1 aromatic carbocycles. The predicted octanol–water partition coefficient (Wildman–Crippen LogP) is 1.36. The molecule has 0 aliphatic rings. The van der Waals surface area contributed by atoms with Gasteiger partial charge in [0.25, 0.3) is 11.6 Å². The van der Waals surface area contributed by atoms with Crippen molar-refractivity contribution >= 4 is 11.6 Å². The summed E-state index contributed by atoms with van der Waals surface area (Å²) in [6.45, 7) is 1.17. The number of amides is 1. The quantitative estimate of drug-likeness (QED) is 0.278. The molecule has 0 saturated carbocycles. The average molecular weight is 263 g/mol. The number of hydrogen-bond acceptors (Lipinski definition) is 6. The fourth-order valence-electron chi connectivity index (χ4n) is 1.11. The van der Waals surface area contributed by atoms with Crippen LogP contribution in [-0.4, -0.2) is 15.9 Å². The number of non-ortho nitro benzene ring substituents is 1. The lowest BCUT2D eigenvalue weighted by atomic mass is 10.2. The van der Waals surface area contributed by atoms with E-state index in [1.807, 2.05) is 5.48 Å². The van der Waals surface area contributed by atoms with Crippen LogP contribution in [0.1, 0.15) is 6.92 Å². The lowest BCUT2D eigenvalue weighted by molar-refractivity contribution is -0.385. The molecule has 2 N–H and O–H groups in total. The van der Waals surface area contributed by atoms with E-state index in [9.17, 15) is 14.9 Å². The number of nitro benzene ring substituents is 1. The monoisotopic (exact) mass is 263 g/mol. The number of nitrogens with zero attached hydrogens (tertiary/aromatic N) is 2. The van der Waals surface area contributed by atoms with Crippen LogP contribution in [0.2, 0.25) is 0 Å². The third kappa shape index (κ3) is 3.71. The zero-order valence-electron chi connectivity index (χ0n) is 9.78. The Morgan fingerprint density at radius 3 is 2.79 bits per heavy atom. The van der Waals surface area contributed by atoms with Gasteiger partial charge in [0.2, 0.25) is 0 Å². The van der Waals surface area contributed by atoms with E-state index in [0.29, 0.717) is 0 Å². The number of benzene rings is 1. The Morgan fingerprint density at radius 2 is 2.26 bits per heavy atom. The molecule has 1 aromatic rings. The molecule has 19 heavy (non-hydrogen) atoms. The number of aliphatic hydroxyl groups excluding tert-OH is 1. The van der Waals surface area contributed by atoms with Gasteiger partial charge in [0, 0.05) is 6.07 Å². The van der Waals surface area contributed by atoms with Crippen molar-refractivity contribution < 1.29 is 19.7 Å². The number of hydroxylamine groups is 1. The highest BCUT2D eigenvalue weighted by Gasteiger charge is 2.13. The molecule has 0 saturated heterocycles. The molecule has 1 amide bonds. The highest BCUT2D eigenvalue weighted by atomic mass is 16.7. The molecular weight excluding hydrogens is 254 g/mol. The lowest BCUT2D eigenvalue weighted by Crippen LogP contribution is -2.28. The van der Waals surface area contributed by atoms with Gasteiger partial charge in [0.05, 0.1) is 11.0 Å². The number of allylic oxidation sites excluding steroid dienone is 1. The summed E-state index contributed by atoms with van der Waals surface area (Å²) >= 11 is 0. The number of carbonyl (C=O) groups excluding carboxylic acids is 1. The number of hydrogen-bond donors (Lipinski definition) is 2. The lowest BCUT2D eigenvalue weighted by Gasteiger charge is -2.06. The number of carbonyl (C=O) groups is 1. The minimum Gasteiger partial charge on any atom is -0.511 e.